The minimum atomic E-state index is -4.48. The van der Waals surface area contributed by atoms with E-state index in [1.165, 1.54) is 0 Å². The minimum Gasteiger partial charge on any atom is -0.480 e. The number of halogens is 3. The summed E-state index contributed by atoms with van der Waals surface area (Å²) in [6.45, 7) is 0.238. The molecule has 0 radical (unpaired) electrons. The molecule has 0 aliphatic carbocycles. The fraction of sp³-hybridized carbons (Fsp3) is 0.333. The monoisotopic (exact) mass is 367 g/mol. The van der Waals surface area contributed by atoms with E-state index in [9.17, 15) is 18.0 Å². The highest BCUT2D eigenvalue weighted by atomic mass is 19.4. The number of nitrogens with zero attached hydrogens (tertiary/aromatic N) is 3. The van der Waals surface area contributed by atoms with Crippen molar-refractivity contribution in [3.8, 4) is 11.1 Å². The molecule has 26 heavy (non-hydrogen) atoms. The molecule has 1 aromatic carbocycles. The lowest BCUT2D eigenvalue weighted by Crippen LogP contribution is -2.25. The van der Waals surface area contributed by atoms with E-state index in [4.69, 9.17) is 5.11 Å². The van der Waals surface area contributed by atoms with Crippen LogP contribution in [0.5, 0.6) is 0 Å². The molecule has 8 heteroatoms. The summed E-state index contributed by atoms with van der Waals surface area (Å²) in [7, 11) is 5.09. The van der Waals surface area contributed by atoms with E-state index in [1.54, 1.807) is 55.2 Å². The fourth-order valence-electron chi connectivity index (χ4n) is 2.62. The van der Waals surface area contributed by atoms with Crippen LogP contribution < -0.4 is 4.90 Å². The molecule has 0 saturated carbocycles. The molecule has 0 aliphatic rings. The van der Waals surface area contributed by atoms with Crippen LogP contribution in [0.4, 0.5) is 19.0 Å². The Kier molecular flexibility index (Phi) is 5.86. The molecule has 0 spiro atoms. The molecule has 0 fully saturated rings. The molecule has 0 saturated heterocycles. The second kappa shape index (κ2) is 7.74. The lowest BCUT2D eigenvalue weighted by molar-refractivity contribution is -0.138. The number of pyridine rings is 1. The third-order valence-corrected chi connectivity index (χ3v) is 3.71. The lowest BCUT2D eigenvalue weighted by Gasteiger charge is -2.19. The number of rotatable bonds is 6. The van der Waals surface area contributed by atoms with Gasteiger partial charge in [0.05, 0.1) is 12.1 Å². The van der Waals surface area contributed by atoms with E-state index < -0.39 is 17.7 Å². The molecule has 0 bridgehead atoms. The number of carboxylic acid groups (broad SMARTS) is 1. The van der Waals surface area contributed by atoms with E-state index in [0.717, 1.165) is 17.8 Å². The van der Waals surface area contributed by atoms with Crippen LogP contribution >= 0.6 is 0 Å². The molecular weight excluding hydrogens is 347 g/mol. The van der Waals surface area contributed by atoms with Crippen molar-refractivity contribution in [3.63, 3.8) is 0 Å². The zero-order valence-electron chi connectivity index (χ0n) is 14.7. The van der Waals surface area contributed by atoms with Crippen LogP contribution in [0, 0.1) is 0 Å². The summed E-state index contributed by atoms with van der Waals surface area (Å²) >= 11 is 0. The van der Waals surface area contributed by atoms with E-state index in [1.807, 2.05) is 0 Å². The Morgan fingerprint density at radius 2 is 1.88 bits per heavy atom. The summed E-state index contributed by atoms with van der Waals surface area (Å²) < 4.78 is 39.2. The molecule has 5 nitrogen and oxygen atoms in total. The standard InChI is InChI=1S/C18H20F3N3O2/c1-23(2)17-15(8-14(9-22-17)18(19,20)21)13-6-4-5-12(7-13)10-24(3)11-16(25)26/h4-9H,10-11H2,1-3H3,(H,25,26). The SMILES string of the molecule is CN(CC(=O)O)Cc1cccc(-c2cc(C(F)(F)F)cnc2N(C)C)c1. The number of aliphatic carboxylic acids is 1. The van der Waals surface area contributed by atoms with Crippen LogP contribution in [0.3, 0.4) is 0 Å². The van der Waals surface area contributed by atoms with Crippen molar-refractivity contribution in [2.24, 2.45) is 0 Å². The van der Waals surface area contributed by atoms with Crippen LogP contribution in [-0.4, -0.2) is 48.6 Å². The molecule has 1 heterocycles. The third kappa shape index (κ3) is 4.95. The number of alkyl halides is 3. The Hall–Kier alpha value is -2.61. The highest BCUT2D eigenvalue weighted by molar-refractivity contribution is 5.76. The summed E-state index contributed by atoms with van der Waals surface area (Å²) in [6, 6.07) is 8.09. The highest BCUT2D eigenvalue weighted by Crippen LogP contribution is 2.35. The maximum Gasteiger partial charge on any atom is 0.417 e. The van der Waals surface area contributed by atoms with Gasteiger partial charge >= 0.3 is 12.1 Å². The van der Waals surface area contributed by atoms with Gasteiger partial charge in [-0.15, -0.1) is 0 Å². The summed E-state index contributed by atoms with van der Waals surface area (Å²) in [5.41, 5.74) is 0.945. The first-order chi connectivity index (χ1) is 12.1. The Balaban J connectivity index is 2.43. The van der Waals surface area contributed by atoms with E-state index in [-0.39, 0.29) is 6.54 Å². The van der Waals surface area contributed by atoms with Gasteiger partial charge in [0.25, 0.3) is 0 Å². The van der Waals surface area contributed by atoms with Gasteiger partial charge in [-0.05, 0) is 30.3 Å². The Bertz CT molecular complexity index is 791. The van der Waals surface area contributed by atoms with Crippen LogP contribution in [-0.2, 0) is 17.5 Å². The first kappa shape index (κ1) is 19.7. The number of aromatic nitrogens is 1. The second-order valence-electron chi connectivity index (χ2n) is 6.25. The van der Waals surface area contributed by atoms with Crippen molar-refractivity contribution in [1.82, 2.24) is 9.88 Å². The first-order valence-electron chi connectivity index (χ1n) is 7.82. The number of hydrogen-bond donors (Lipinski definition) is 1. The molecule has 2 rings (SSSR count). The highest BCUT2D eigenvalue weighted by Gasteiger charge is 2.32. The zero-order valence-corrected chi connectivity index (χ0v) is 14.7. The van der Waals surface area contributed by atoms with Crippen molar-refractivity contribution in [2.75, 3.05) is 32.6 Å². The summed E-state index contributed by atoms with van der Waals surface area (Å²) in [6.07, 6.45) is -3.66. The van der Waals surface area contributed by atoms with Crippen LogP contribution in [0.2, 0.25) is 0 Å². The Labute approximate surface area is 149 Å². The van der Waals surface area contributed by atoms with Crippen LogP contribution in [0.15, 0.2) is 36.5 Å². The largest absolute Gasteiger partial charge is 0.480 e. The molecule has 140 valence electrons. The van der Waals surface area contributed by atoms with Gasteiger partial charge in [0.1, 0.15) is 5.82 Å². The number of hydrogen-bond acceptors (Lipinski definition) is 4. The van der Waals surface area contributed by atoms with E-state index in [2.05, 4.69) is 4.98 Å². The van der Waals surface area contributed by atoms with Gasteiger partial charge in [0.2, 0.25) is 0 Å². The maximum atomic E-state index is 13.1. The van der Waals surface area contributed by atoms with Gasteiger partial charge in [-0.1, -0.05) is 18.2 Å². The normalized spacial score (nSPS) is 11.7. The predicted octanol–water partition coefficient (Wildman–Crippen LogP) is 3.35. The molecule has 1 N–H and O–H groups in total. The molecular formula is C18H20F3N3O2. The predicted molar refractivity (Wildman–Crippen MR) is 93.0 cm³/mol. The fourth-order valence-corrected chi connectivity index (χ4v) is 2.62. The topological polar surface area (TPSA) is 56.7 Å². The average Bonchev–Trinajstić information content (AvgIpc) is 2.52. The van der Waals surface area contributed by atoms with Crippen LogP contribution in [0.25, 0.3) is 11.1 Å². The van der Waals surface area contributed by atoms with Crippen molar-refractivity contribution >= 4 is 11.8 Å². The molecule has 0 atom stereocenters. The smallest absolute Gasteiger partial charge is 0.417 e. The lowest BCUT2D eigenvalue weighted by atomic mass is 10.0. The van der Waals surface area contributed by atoms with Crippen molar-refractivity contribution < 1.29 is 23.1 Å². The quantitative estimate of drug-likeness (QED) is 0.849. The second-order valence-corrected chi connectivity index (χ2v) is 6.25. The van der Waals surface area contributed by atoms with Gasteiger partial charge in [-0.25, -0.2) is 4.98 Å². The van der Waals surface area contributed by atoms with Crippen LogP contribution in [0.1, 0.15) is 11.1 Å². The summed E-state index contributed by atoms with van der Waals surface area (Å²) in [5.74, 6) is -0.519. The molecule has 1 aromatic heterocycles. The van der Waals surface area contributed by atoms with E-state index in [0.29, 0.717) is 23.5 Å². The zero-order chi connectivity index (χ0) is 19.5. The third-order valence-electron chi connectivity index (χ3n) is 3.71. The Morgan fingerprint density at radius 1 is 1.19 bits per heavy atom. The first-order valence-corrected chi connectivity index (χ1v) is 7.82. The average molecular weight is 367 g/mol. The summed E-state index contributed by atoms with van der Waals surface area (Å²) in [4.78, 5) is 18.0. The van der Waals surface area contributed by atoms with Crippen molar-refractivity contribution in [3.05, 3.63) is 47.7 Å². The number of carbonyl (C=O) groups is 1. The van der Waals surface area contributed by atoms with Crippen molar-refractivity contribution in [2.45, 2.75) is 12.7 Å². The van der Waals surface area contributed by atoms with E-state index >= 15 is 0 Å². The molecule has 0 amide bonds. The van der Waals surface area contributed by atoms with Gasteiger partial charge < -0.3 is 10.0 Å². The molecule has 0 aliphatic heterocycles. The molecule has 0 unspecified atom stereocenters. The van der Waals surface area contributed by atoms with Gasteiger partial charge in [0, 0.05) is 32.4 Å². The number of benzene rings is 1. The number of anilines is 1. The number of carboxylic acids is 1. The summed E-state index contributed by atoms with van der Waals surface area (Å²) in [5, 5.41) is 8.84. The minimum absolute atomic E-state index is 0.127. The number of likely N-dealkylation sites (N-methyl/N-ethyl adjacent to an activating group) is 1. The van der Waals surface area contributed by atoms with Gasteiger partial charge in [0.15, 0.2) is 0 Å². The van der Waals surface area contributed by atoms with Gasteiger partial charge in [-0.3, -0.25) is 9.69 Å². The molecule has 2 aromatic rings. The Morgan fingerprint density at radius 3 is 2.46 bits per heavy atom. The van der Waals surface area contributed by atoms with Crippen molar-refractivity contribution in [1.29, 1.82) is 0 Å². The maximum absolute atomic E-state index is 13.1. The van der Waals surface area contributed by atoms with Gasteiger partial charge in [-0.2, -0.15) is 13.2 Å².